The van der Waals surface area contributed by atoms with Crippen molar-refractivity contribution in [2.24, 2.45) is 17.8 Å². The molecule has 5 heterocycles. The molecule has 0 radical (unpaired) electrons. The van der Waals surface area contributed by atoms with Crippen LogP contribution in [-0.4, -0.2) is 219 Å². The number of alkyl halides is 1. The van der Waals surface area contributed by atoms with E-state index in [1.807, 2.05) is 62.0 Å². The minimum Gasteiger partial charge on any atom is -0.459 e. The van der Waals surface area contributed by atoms with Crippen LogP contribution in [0.5, 0.6) is 0 Å². The van der Waals surface area contributed by atoms with Crippen molar-refractivity contribution in [1.82, 2.24) is 24.8 Å². The van der Waals surface area contributed by atoms with Gasteiger partial charge in [0.25, 0.3) is 0 Å². The SMILES string of the molecule is CC[C@H]1OC(=O)[C@H](C)[C@@H](O[C@H]2C[C@@](C)(OC)[C@@H](O)[C@H](C)O2)[C@H](C)[C@@H](O[C@@H]2O[C@H](C)C[C@H](N(C)CCc3cn([C@H](CF)[C@H](OC)c4ccc(N5CC[C@@H](O)C5)cc4)nn3)[C@H]2O)[C@](C)(O)C[C@@H](C)CN(C)[C@H](C)[C@@H](O)[C@]1(C)O. The summed E-state index contributed by atoms with van der Waals surface area (Å²) in [6, 6.07) is 5.85. The van der Waals surface area contributed by atoms with Gasteiger partial charge in [0.2, 0.25) is 0 Å². The number of aliphatic hydroxyl groups excluding tert-OH is 4. The van der Waals surface area contributed by atoms with Gasteiger partial charge in [0.1, 0.15) is 48.8 Å². The van der Waals surface area contributed by atoms with Gasteiger partial charge in [-0.2, -0.15) is 0 Å². The summed E-state index contributed by atoms with van der Waals surface area (Å²) in [5.41, 5.74) is -2.24. The summed E-state index contributed by atoms with van der Waals surface area (Å²) in [5.74, 6) is -2.88. The molecule has 0 amide bonds. The van der Waals surface area contributed by atoms with Gasteiger partial charge in [-0.25, -0.2) is 9.07 Å². The van der Waals surface area contributed by atoms with Gasteiger partial charge in [-0.15, -0.1) is 5.10 Å². The van der Waals surface area contributed by atoms with Gasteiger partial charge in [-0.05, 0) is 112 Å². The van der Waals surface area contributed by atoms with Gasteiger partial charge in [0.05, 0.1) is 53.3 Å². The summed E-state index contributed by atoms with van der Waals surface area (Å²) in [6.45, 7) is 18.8. The highest BCUT2D eigenvalue weighted by atomic mass is 19.1. The number of rotatable bonds is 16. The van der Waals surface area contributed by atoms with Crippen molar-refractivity contribution in [2.45, 2.75) is 216 Å². The normalized spacial score (nSPS) is 40.6. The third-order valence-electron chi connectivity index (χ3n) is 17.2. The smallest absolute Gasteiger partial charge is 0.311 e. The van der Waals surface area contributed by atoms with Crippen molar-refractivity contribution < 1.29 is 73.0 Å². The van der Waals surface area contributed by atoms with Crippen molar-refractivity contribution in [1.29, 1.82) is 0 Å². The van der Waals surface area contributed by atoms with Crippen LogP contribution in [0, 0.1) is 17.8 Å². The Bertz CT molecular complexity index is 2130. The number of anilines is 1. The van der Waals surface area contributed by atoms with E-state index < -0.39 is 127 Å². The first-order valence-corrected chi connectivity index (χ1v) is 27.5. The average Bonchev–Trinajstić information content (AvgIpc) is 4.04. The molecular formula is C55H93FN6O14. The molecule has 2 aromatic rings. The summed E-state index contributed by atoms with van der Waals surface area (Å²) in [5, 5.41) is 78.7. The van der Waals surface area contributed by atoms with E-state index in [0.717, 1.165) is 17.8 Å². The maximum Gasteiger partial charge on any atom is 0.311 e. The van der Waals surface area contributed by atoms with Crippen LogP contribution < -0.4 is 4.90 Å². The maximum atomic E-state index is 14.9. The van der Waals surface area contributed by atoms with Gasteiger partial charge < -0.3 is 78.5 Å². The summed E-state index contributed by atoms with van der Waals surface area (Å²) in [7, 11) is 6.75. The van der Waals surface area contributed by atoms with E-state index >= 15 is 0 Å². The quantitative estimate of drug-likeness (QED) is 0.132. The van der Waals surface area contributed by atoms with Crippen LogP contribution in [0.4, 0.5) is 10.1 Å². The van der Waals surface area contributed by atoms with Gasteiger partial charge in [-0.3, -0.25) is 4.79 Å². The van der Waals surface area contributed by atoms with Crippen LogP contribution in [-0.2, 0) is 44.4 Å². The van der Waals surface area contributed by atoms with Gasteiger partial charge in [-0.1, -0.05) is 38.1 Å². The molecule has 434 valence electrons. The standard InChI is InChI=1S/C55H93FN6O14/c1-15-43-55(10,69)48(65)35(6)60(12)28-31(2)25-53(8,68)50(33(4)46(34(5)51(67)74-43)75-44-26-54(9,71-14)49(66)36(7)73-44)76-52-45(64)41(24-32(3)72-52)59(11)22-20-38-29-62(58-57-38)42(27-56)47(70-13)37-16-18-39(19-17-37)61-23-21-40(63)30-61/h16-19,29,31-36,40-50,52,63-66,68-69H,15,20-28,30H2,1-14H3/t31-,32-,33+,34-,35-,36+,40-,41+,42-,43-,44+,45-,46+,47-,48-,49+,50-,52+,53-,54-,55-/m1/s1. The topological polar surface area (TPSA) is 243 Å². The minimum absolute atomic E-state index is 0.0824. The number of aromatic nitrogens is 3. The molecule has 4 fully saturated rings. The summed E-state index contributed by atoms with van der Waals surface area (Å²) in [4.78, 5) is 20.5. The molecule has 4 saturated heterocycles. The van der Waals surface area contributed by atoms with Crippen molar-refractivity contribution in [3.05, 3.63) is 41.7 Å². The molecule has 6 rings (SSSR count). The van der Waals surface area contributed by atoms with Crippen LogP contribution in [0.15, 0.2) is 30.5 Å². The fourth-order valence-electron chi connectivity index (χ4n) is 12.4. The third-order valence-corrected chi connectivity index (χ3v) is 17.2. The van der Waals surface area contributed by atoms with Crippen molar-refractivity contribution in [2.75, 3.05) is 66.1 Å². The number of methoxy groups -OCH3 is 2. The molecule has 21 atom stereocenters. The predicted molar refractivity (Wildman–Crippen MR) is 281 cm³/mol. The summed E-state index contributed by atoms with van der Waals surface area (Å²) >= 11 is 0. The predicted octanol–water partition coefficient (Wildman–Crippen LogP) is 3.57. The largest absolute Gasteiger partial charge is 0.459 e. The lowest BCUT2D eigenvalue weighted by Gasteiger charge is -2.49. The highest BCUT2D eigenvalue weighted by Crippen LogP contribution is 2.41. The fourth-order valence-corrected chi connectivity index (χ4v) is 12.4. The highest BCUT2D eigenvalue weighted by Gasteiger charge is 2.53. The molecule has 0 unspecified atom stereocenters. The molecule has 20 nitrogen and oxygen atoms in total. The minimum atomic E-state index is -1.85. The maximum absolute atomic E-state index is 14.9. The number of β-amino-alcohol motifs (C(OH)–C–C–N with tert-alkyl or cyclic N) is 1. The number of cyclic esters (lactones) is 1. The van der Waals surface area contributed by atoms with Crippen LogP contribution in [0.1, 0.15) is 125 Å². The van der Waals surface area contributed by atoms with Crippen LogP contribution >= 0.6 is 0 Å². The number of hydrogen-bond acceptors (Lipinski definition) is 19. The molecule has 0 bridgehead atoms. The van der Waals surface area contributed by atoms with E-state index in [1.54, 1.807) is 54.7 Å². The van der Waals surface area contributed by atoms with E-state index in [4.69, 9.17) is 33.2 Å². The average molecular weight is 1080 g/mol. The van der Waals surface area contributed by atoms with E-state index in [9.17, 15) is 39.8 Å². The number of carbonyl (C=O) groups excluding carboxylic acids is 1. The van der Waals surface area contributed by atoms with Crippen molar-refractivity contribution >= 4 is 11.7 Å². The monoisotopic (exact) mass is 1080 g/mol. The van der Waals surface area contributed by atoms with E-state index in [2.05, 4.69) is 15.2 Å². The van der Waals surface area contributed by atoms with Crippen molar-refractivity contribution in [3.63, 3.8) is 0 Å². The number of hydrogen-bond donors (Lipinski definition) is 6. The molecule has 1 aromatic heterocycles. The Labute approximate surface area is 450 Å². The molecule has 0 saturated carbocycles. The molecule has 0 spiro atoms. The zero-order chi connectivity index (χ0) is 56.2. The Morgan fingerprint density at radius 3 is 2.24 bits per heavy atom. The number of halogens is 1. The zero-order valence-electron chi connectivity index (χ0n) is 47.6. The second-order valence-corrected chi connectivity index (χ2v) is 23.5. The van der Waals surface area contributed by atoms with Gasteiger partial charge in [0.15, 0.2) is 12.6 Å². The Balaban J connectivity index is 1.25. The lowest BCUT2D eigenvalue weighted by molar-refractivity contribution is -0.318. The lowest BCUT2D eigenvalue weighted by atomic mass is 9.77. The molecule has 21 heteroatoms. The summed E-state index contributed by atoms with van der Waals surface area (Å²) in [6.07, 6.45) is -7.67. The molecule has 76 heavy (non-hydrogen) atoms. The first-order chi connectivity index (χ1) is 35.7. The number of carbonyl (C=O) groups is 1. The number of nitrogens with zero attached hydrogens (tertiary/aromatic N) is 6. The molecule has 6 N–H and O–H groups in total. The third kappa shape index (κ3) is 14.1. The number of benzene rings is 1. The lowest BCUT2D eigenvalue weighted by Crippen LogP contribution is -2.61. The number of aliphatic hydroxyl groups is 6. The van der Waals surface area contributed by atoms with Gasteiger partial charge >= 0.3 is 5.97 Å². The fraction of sp³-hybridized carbons (Fsp3) is 0.836. The van der Waals surface area contributed by atoms with E-state index in [1.165, 1.54) is 25.8 Å². The Hall–Kier alpha value is -3.00. The van der Waals surface area contributed by atoms with E-state index in [0.29, 0.717) is 44.6 Å². The molecular weight excluding hydrogens is 988 g/mol. The molecule has 4 aliphatic heterocycles. The summed E-state index contributed by atoms with van der Waals surface area (Å²) < 4.78 is 60.6. The second kappa shape index (κ2) is 26.1. The van der Waals surface area contributed by atoms with Crippen LogP contribution in [0.3, 0.4) is 0 Å². The van der Waals surface area contributed by atoms with Crippen LogP contribution in [0.2, 0.25) is 0 Å². The molecule has 1 aromatic carbocycles. The number of esters is 1. The Kier molecular flexibility index (Phi) is 21.3. The zero-order valence-corrected chi connectivity index (χ0v) is 47.6. The molecule has 0 aliphatic carbocycles. The Morgan fingerprint density at radius 2 is 1.63 bits per heavy atom. The second-order valence-electron chi connectivity index (χ2n) is 23.5. The first kappa shape index (κ1) is 62.2. The van der Waals surface area contributed by atoms with Gasteiger partial charge in [0, 0.05) is 83.1 Å². The first-order valence-electron chi connectivity index (χ1n) is 27.5. The van der Waals surface area contributed by atoms with Crippen LogP contribution in [0.25, 0.3) is 0 Å². The Morgan fingerprint density at radius 1 is 0.947 bits per heavy atom. The number of likely N-dealkylation sites (N-methyl/N-ethyl adjacent to an activating group) is 2. The number of ether oxygens (including phenoxy) is 7. The van der Waals surface area contributed by atoms with Crippen molar-refractivity contribution in [3.8, 4) is 0 Å². The molecule has 4 aliphatic rings. The highest BCUT2D eigenvalue weighted by molar-refractivity contribution is 5.73. The van der Waals surface area contributed by atoms with E-state index in [-0.39, 0.29) is 31.3 Å².